The Kier molecular flexibility index (Phi) is 4.17. The smallest absolute Gasteiger partial charge is 0.0713 e. The largest absolute Gasteiger partial charge is 0.226 e. The molecule has 0 amide bonds. The van der Waals surface area contributed by atoms with Gasteiger partial charge in [0.15, 0.2) is 0 Å². The molecule has 0 saturated heterocycles. The number of thiocarbonyl (C=S) groups is 1. The summed E-state index contributed by atoms with van der Waals surface area (Å²) in [6.45, 7) is 9.43. The molecular weight excluding hydrogens is 324 g/mol. The van der Waals surface area contributed by atoms with Crippen molar-refractivity contribution in [2.24, 2.45) is 57.8 Å². The molecule has 0 aromatic rings. The number of rotatable bonds is 1. The Labute approximate surface area is 158 Å². The predicted molar refractivity (Wildman–Crippen MR) is 104 cm³/mol. The lowest BCUT2D eigenvalue weighted by Crippen LogP contribution is -2.61. The standard InChI is InChI=1S/C22H32N2S/c1-13-9-15-10-14(2)21(3,11-23)17-5-6-18-20(19(15)17)16(13)7-8-22(18,4)24-12-25/h13-20H,5-10H2,1-4H3/t13-,14+,15-,16+,17-,18-,19+,20+,21+,22-/m0/s1. The zero-order chi connectivity index (χ0) is 18.0. The summed E-state index contributed by atoms with van der Waals surface area (Å²) in [5.41, 5.74) is -0.153. The van der Waals surface area contributed by atoms with Crippen LogP contribution in [0, 0.1) is 64.1 Å². The van der Waals surface area contributed by atoms with Gasteiger partial charge in [0, 0.05) is 0 Å². The van der Waals surface area contributed by atoms with Crippen molar-refractivity contribution in [3.05, 3.63) is 0 Å². The maximum Gasteiger partial charge on any atom is 0.0713 e. The van der Waals surface area contributed by atoms with Crippen molar-refractivity contribution in [1.82, 2.24) is 0 Å². The summed E-state index contributed by atoms with van der Waals surface area (Å²) < 4.78 is 0. The van der Waals surface area contributed by atoms with Gasteiger partial charge in [-0.2, -0.15) is 5.26 Å². The van der Waals surface area contributed by atoms with E-state index in [0.717, 1.165) is 29.6 Å². The summed E-state index contributed by atoms with van der Waals surface area (Å²) in [4.78, 5) is 4.72. The van der Waals surface area contributed by atoms with Crippen molar-refractivity contribution in [1.29, 1.82) is 5.26 Å². The second-order valence-corrected chi connectivity index (χ2v) is 10.4. The van der Waals surface area contributed by atoms with Crippen LogP contribution in [0.5, 0.6) is 0 Å². The number of nitriles is 1. The topological polar surface area (TPSA) is 36.1 Å². The number of isothiocyanates is 1. The Balaban J connectivity index is 1.79. The van der Waals surface area contributed by atoms with Crippen molar-refractivity contribution >= 4 is 17.4 Å². The van der Waals surface area contributed by atoms with Crippen LogP contribution in [-0.2, 0) is 0 Å². The van der Waals surface area contributed by atoms with Gasteiger partial charge in [-0.3, -0.25) is 0 Å². The Morgan fingerprint density at radius 1 is 1.04 bits per heavy atom. The fourth-order valence-corrected chi connectivity index (χ4v) is 8.20. The number of aliphatic imine (C=N–C) groups is 1. The molecule has 3 heteroatoms. The number of hydrogen-bond acceptors (Lipinski definition) is 3. The molecule has 0 heterocycles. The highest BCUT2D eigenvalue weighted by Crippen LogP contribution is 2.67. The average Bonchev–Trinajstić information content (AvgIpc) is 2.58. The second-order valence-electron chi connectivity index (χ2n) is 10.2. The van der Waals surface area contributed by atoms with Crippen LogP contribution < -0.4 is 0 Å². The first kappa shape index (κ1) is 17.7. The molecule has 0 radical (unpaired) electrons. The summed E-state index contributed by atoms with van der Waals surface area (Å²) in [5.74, 6) is 5.72. The average molecular weight is 357 g/mol. The third kappa shape index (κ3) is 2.33. The van der Waals surface area contributed by atoms with E-state index >= 15 is 0 Å². The fourth-order valence-electron chi connectivity index (χ4n) is 8.00. The molecule has 0 unspecified atom stereocenters. The fraction of sp³-hybridized carbons (Fsp3) is 0.909. The molecule has 0 bridgehead atoms. The molecule has 0 aliphatic heterocycles. The van der Waals surface area contributed by atoms with E-state index in [1.807, 2.05) is 0 Å². The molecular formula is C22H32N2S. The van der Waals surface area contributed by atoms with Gasteiger partial charge >= 0.3 is 0 Å². The first-order valence-electron chi connectivity index (χ1n) is 10.4. The molecule has 0 spiro atoms. The van der Waals surface area contributed by atoms with Gasteiger partial charge in [-0.05, 0) is 112 Å². The van der Waals surface area contributed by atoms with E-state index in [4.69, 9.17) is 17.2 Å². The summed E-state index contributed by atoms with van der Waals surface area (Å²) in [7, 11) is 0. The summed E-state index contributed by atoms with van der Waals surface area (Å²) in [5, 5.41) is 12.8. The number of hydrogen-bond donors (Lipinski definition) is 0. The minimum atomic E-state index is -0.140. The molecule has 0 aromatic carbocycles. The van der Waals surface area contributed by atoms with Crippen LogP contribution in [-0.4, -0.2) is 10.7 Å². The predicted octanol–water partition coefficient (Wildman–Crippen LogP) is 5.74. The van der Waals surface area contributed by atoms with Crippen LogP contribution in [0.15, 0.2) is 4.99 Å². The first-order chi connectivity index (χ1) is 11.9. The zero-order valence-corrected chi connectivity index (χ0v) is 17.0. The highest BCUT2D eigenvalue weighted by Gasteiger charge is 2.63. The molecule has 4 aliphatic carbocycles. The van der Waals surface area contributed by atoms with Gasteiger partial charge in [-0.15, -0.1) is 0 Å². The lowest BCUT2D eigenvalue weighted by molar-refractivity contribution is -0.158. The number of nitrogens with zero attached hydrogens (tertiary/aromatic N) is 2. The maximum absolute atomic E-state index is 10.1. The van der Waals surface area contributed by atoms with Gasteiger partial charge in [-0.1, -0.05) is 13.8 Å². The minimum absolute atomic E-state index is 0.0123. The van der Waals surface area contributed by atoms with Gasteiger partial charge in [0.1, 0.15) is 0 Å². The van der Waals surface area contributed by atoms with E-state index in [0.29, 0.717) is 17.8 Å². The van der Waals surface area contributed by atoms with E-state index in [-0.39, 0.29) is 11.0 Å². The van der Waals surface area contributed by atoms with Crippen LogP contribution in [0.25, 0.3) is 0 Å². The van der Waals surface area contributed by atoms with Gasteiger partial charge in [0.25, 0.3) is 0 Å². The van der Waals surface area contributed by atoms with E-state index in [9.17, 15) is 5.26 Å². The monoisotopic (exact) mass is 356 g/mol. The van der Waals surface area contributed by atoms with Crippen molar-refractivity contribution in [2.45, 2.75) is 71.8 Å². The molecule has 0 aromatic heterocycles. The van der Waals surface area contributed by atoms with E-state index < -0.39 is 0 Å². The Hall–Kier alpha value is -0.710. The van der Waals surface area contributed by atoms with Crippen molar-refractivity contribution < 1.29 is 0 Å². The van der Waals surface area contributed by atoms with Crippen LogP contribution in [0.2, 0.25) is 0 Å². The minimum Gasteiger partial charge on any atom is -0.226 e. The van der Waals surface area contributed by atoms with Crippen molar-refractivity contribution in [3.8, 4) is 6.07 Å². The van der Waals surface area contributed by atoms with Crippen LogP contribution >= 0.6 is 12.2 Å². The molecule has 2 nitrogen and oxygen atoms in total. The second kappa shape index (κ2) is 5.90. The summed E-state index contributed by atoms with van der Waals surface area (Å²) in [6, 6.07) is 2.79. The van der Waals surface area contributed by atoms with E-state index in [2.05, 4.69) is 38.9 Å². The van der Waals surface area contributed by atoms with E-state index in [1.165, 1.54) is 38.5 Å². The third-order valence-electron chi connectivity index (χ3n) is 9.38. The zero-order valence-electron chi connectivity index (χ0n) is 16.2. The van der Waals surface area contributed by atoms with Crippen molar-refractivity contribution in [3.63, 3.8) is 0 Å². The maximum atomic E-state index is 10.1. The van der Waals surface area contributed by atoms with Crippen molar-refractivity contribution in [2.75, 3.05) is 0 Å². The van der Waals surface area contributed by atoms with Crippen LogP contribution in [0.3, 0.4) is 0 Å². The lowest BCUT2D eigenvalue weighted by Gasteiger charge is -2.65. The lowest BCUT2D eigenvalue weighted by atomic mass is 9.39. The van der Waals surface area contributed by atoms with Gasteiger partial charge < -0.3 is 0 Å². The van der Waals surface area contributed by atoms with Gasteiger partial charge in [-0.25, -0.2) is 4.99 Å². The molecule has 10 atom stereocenters. The van der Waals surface area contributed by atoms with Gasteiger partial charge in [0.05, 0.1) is 22.2 Å². The molecule has 136 valence electrons. The molecule has 4 fully saturated rings. The third-order valence-corrected chi connectivity index (χ3v) is 9.47. The molecule has 4 rings (SSSR count). The van der Waals surface area contributed by atoms with Crippen LogP contribution in [0.4, 0.5) is 0 Å². The molecule has 4 aliphatic rings. The summed E-state index contributed by atoms with van der Waals surface area (Å²) in [6.07, 6.45) is 7.52. The van der Waals surface area contributed by atoms with Gasteiger partial charge in [0.2, 0.25) is 0 Å². The normalized spacial score (nSPS) is 56.9. The first-order valence-corrected chi connectivity index (χ1v) is 10.8. The Morgan fingerprint density at radius 3 is 2.44 bits per heavy atom. The Morgan fingerprint density at radius 2 is 1.76 bits per heavy atom. The van der Waals surface area contributed by atoms with Crippen LogP contribution in [0.1, 0.15) is 66.2 Å². The Bertz CT molecular complexity index is 647. The highest BCUT2D eigenvalue weighted by molar-refractivity contribution is 7.78. The van der Waals surface area contributed by atoms with E-state index in [1.54, 1.807) is 0 Å². The summed E-state index contributed by atoms with van der Waals surface area (Å²) >= 11 is 5.01. The quantitative estimate of drug-likeness (QED) is 0.443. The molecule has 4 saturated carbocycles. The molecule has 25 heavy (non-hydrogen) atoms. The highest BCUT2D eigenvalue weighted by atomic mass is 32.1. The SMILES string of the molecule is C[C@@H]1C[C@@H]2C[C@H](C)[C@H]3CC[C@](C)(N=C=S)[C@H]4CC[C@@H]([C@@H]2[C@H]34)[C@]1(C)C#N. The molecule has 0 N–H and O–H groups in total.